The summed E-state index contributed by atoms with van der Waals surface area (Å²) in [5.41, 5.74) is 0. The normalized spacial score (nSPS) is 10.5. The van der Waals surface area contributed by atoms with Crippen molar-refractivity contribution in [1.82, 2.24) is 15.3 Å². The molecule has 100 valence electrons. The SMILES string of the molecule is CC(C)CNC(=O)CCNc1nc(Cl)ncc1Cl. The lowest BCUT2D eigenvalue weighted by Crippen LogP contribution is -2.28. The van der Waals surface area contributed by atoms with E-state index < -0.39 is 0 Å². The second-order valence-corrected chi connectivity index (χ2v) is 4.96. The Labute approximate surface area is 116 Å². The van der Waals surface area contributed by atoms with Gasteiger partial charge in [-0.1, -0.05) is 25.4 Å². The van der Waals surface area contributed by atoms with Gasteiger partial charge in [0, 0.05) is 19.5 Å². The molecule has 1 rings (SSSR count). The lowest BCUT2D eigenvalue weighted by Gasteiger charge is -2.09. The number of nitrogens with one attached hydrogen (secondary N) is 2. The molecule has 0 radical (unpaired) electrons. The van der Waals surface area contributed by atoms with Gasteiger partial charge in [-0.25, -0.2) is 4.98 Å². The van der Waals surface area contributed by atoms with E-state index in [0.717, 1.165) is 0 Å². The number of hydrogen-bond donors (Lipinski definition) is 2. The highest BCUT2D eigenvalue weighted by molar-refractivity contribution is 6.33. The largest absolute Gasteiger partial charge is 0.368 e. The van der Waals surface area contributed by atoms with Crippen LogP contribution in [0.2, 0.25) is 10.3 Å². The number of rotatable bonds is 6. The van der Waals surface area contributed by atoms with Crippen LogP contribution in [-0.2, 0) is 4.79 Å². The predicted molar refractivity (Wildman–Crippen MR) is 73.0 cm³/mol. The van der Waals surface area contributed by atoms with Gasteiger partial charge >= 0.3 is 0 Å². The minimum Gasteiger partial charge on any atom is -0.368 e. The van der Waals surface area contributed by atoms with Crippen LogP contribution in [0.1, 0.15) is 20.3 Å². The first-order valence-corrected chi connectivity index (χ1v) is 6.43. The second-order valence-electron chi connectivity index (χ2n) is 4.21. The first-order valence-electron chi connectivity index (χ1n) is 5.67. The summed E-state index contributed by atoms with van der Waals surface area (Å²) in [5, 5.41) is 6.26. The third-order valence-corrected chi connectivity index (χ3v) is 2.53. The molecule has 0 aliphatic rings. The fourth-order valence-corrected chi connectivity index (χ4v) is 1.46. The van der Waals surface area contributed by atoms with E-state index in [9.17, 15) is 4.79 Å². The van der Waals surface area contributed by atoms with Gasteiger partial charge in [-0.2, -0.15) is 4.98 Å². The molecular formula is C11H16Cl2N4O. The van der Waals surface area contributed by atoms with Gasteiger partial charge in [0.1, 0.15) is 10.8 Å². The van der Waals surface area contributed by atoms with E-state index in [2.05, 4.69) is 20.6 Å². The number of carbonyl (C=O) groups excluding carboxylic acids is 1. The molecule has 0 aliphatic carbocycles. The summed E-state index contributed by atoms with van der Waals surface area (Å²) >= 11 is 11.5. The topological polar surface area (TPSA) is 66.9 Å². The van der Waals surface area contributed by atoms with Crippen LogP contribution in [0.15, 0.2) is 6.20 Å². The van der Waals surface area contributed by atoms with Gasteiger partial charge in [-0.15, -0.1) is 0 Å². The molecule has 2 N–H and O–H groups in total. The Morgan fingerprint density at radius 2 is 2.17 bits per heavy atom. The maximum absolute atomic E-state index is 11.4. The van der Waals surface area contributed by atoms with E-state index in [4.69, 9.17) is 23.2 Å². The van der Waals surface area contributed by atoms with Crippen molar-refractivity contribution < 1.29 is 4.79 Å². The van der Waals surface area contributed by atoms with E-state index >= 15 is 0 Å². The number of amides is 1. The van der Waals surface area contributed by atoms with Crippen molar-refractivity contribution in [3.05, 3.63) is 16.5 Å². The molecule has 0 unspecified atom stereocenters. The first-order chi connectivity index (χ1) is 8.49. The van der Waals surface area contributed by atoms with Crippen LogP contribution in [0, 0.1) is 5.92 Å². The molecule has 0 aromatic carbocycles. The quantitative estimate of drug-likeness (QED) is 0.790. The lowest BCUT2D eigenvalue weighted by atomic mass is 10.2. The Balaban J connectivity index is 2.33. The molecule has 0 spiro atoms. The smallest absolute Gasteiger partial charge is 0.224 e. The van der Waals surface area contributed by atoms with Crippen molar-refractivity contribution in [2.75, 3.05) is 18.4 Å². The third-order valence-electron chi connectivity index (χ3n) is 2.07. The number of hydrogen-bond acceptors (Lipinski definition) is 4. The number of nitrogens with zero attached hydrogens (tertiary/aromatic N) is 2. The molecule has 0 atom stereocenters. The Bertz CT molecular complexity index is 412. The summed E-state index contributed by atoms with van der Waals surface area (Å²) < 4.78 is 0. The Kier molecular flexibility index (Phi) is 6.15. The molecule has 1 aromatic rings. The number of anilines is 1. The summed E-state index contributed by atoms with van der Waals surface area (Å²) in [7, 11) is 0. The standard InChI is InChI=1S/C11H16Cl2N4O/c1-7(2)5-15-9(18)3-4-14-10-8(12)6-16-11(13)17-10/h6-7H,3-5H2,1-2H3,(H,15,18)(H,14,16,17). The van der Waals surface area contributed by atoms with Crippen molar-refractivity contribution in [3.63, 3.8) is 0 Å². The first kappa shape index (κ1) is 15.0. The average molecular weight is 291 g/mol. The zero-order valence-corrected chi connectivity index (χ0v) is 11.8. The van der Waals surface area contributed by atoms with Gasteiger partial charge in [0.15, 0.2) is 0 Å². The number of halogens is 2. The third kappa shape index (κ3) is 5.51. The van der Waals surface area contributed by atoms with E-state index in [1.807, 2.05) is 13.8 Å². The fourth-order valence-electron chi connectivity index (χ4n) is 1.17. The van der Waals surface area contributed by atoms with Gasteiger partial charge in [-0.3, -0.25) is 4.79 Å². The maximum atomic E-state index is 11.4. The van der Waals surface area contributed by atoms with Crippen LogP contribution in [0.4, 0.5) is 5.82 Å². The highest BCUT2D eigenvalue weighted by atomic mass is 35.5. The van der Waals surface area contributed by atoms with Gasteiger partial charge < -0.3 is 10.6 Å². The van der Waals surface area contributed by atoms with Crippen molar-refractivity contribution >= 4 is 34.9 Å². The molecule has 0 fully saturated rings. The van der Waals surface area contributed by atoms with Crippen molar-refractivity contribution in [2.24, 2.45) is 5.92 Å². The van der Waals surface area contributed by atoms with Crippen molar-refractivity contribution in [2.45, 2.75) is 20.3 Å². The monoisotopic (exact) mass is 290 g/mol. The summed E-state index contributed by atoms with van der Waals surface area (Å²) in [6, 6.07) is 0. The lowest BCUT2D eigenvalue weighted by molar-refractivity contribution is -0.120. The fraction of sp³-hybridized carbons (Fsp3) is 0.545. The summed E-state index contributed by atoms with van der Waals surface area (Å²) in [4.78, 5) is 19.1. The summed E-state index contributed by atoms with van der Waals surface area (Å²) in [6.45, 7) is 5.21. The molecule has 1 amide bonds. The molecule has 0 aliphatic heterocycles. The van der Waals surface area contributed by atoms with Gasteiger partial charge in [-0.05, 0) is 17.5 Å². The number of aromatic nitrogens is 2. The van der Waals surface area contributed by atoms with Gasteiger partial charge in [0.2, 0.25) is 11.2 Å². The summed E-state index contributed by atoms with van der Waals surface area (Å²) in [6.07, 6.45) is 1.77. The van der Waals surface area contributed by atoms with E-state index in [1.165, 1.54) is 6.20 Å². The van der Waals surface area contributed by atoms with Gasteiger partial charge in [0.05, 0.1) is 6.20 Å². The van der Waals surface area contributed by atoms with Gasteiger partial charge in [0.25, 0.3) is 0 Å². The average Bonchev–Trinajstić information content (AvgIpc) is 2.31. The molecule has 7 heteroatoms. The van der Waals surface area contributed by atoms with Crippen LogP contribution in [0.25, 0.3) is 0 Å². The van der Waals surface area contributed by atoms with E-state index in [-0.39, 0.29) is 11.2 Å². The molecule has 18 heavy (non-hydrogen) atoms. The van der Waals surface area contributed by atoms with Crippen LogP contribution in [0.5, 0.6) is 0 Å². The van der Waals surface area contributed by atoms with Crippen LogP contribution >= 0.6 is 23.2 Å². The highest BCUT2D eigenvalue weighted by Crippen LogP contribution is 2.18. The molecule has 0 saturated heterocycles. The Hall–Kier alpha value is -1.07. The molecule has 5 nitrogen and oxygen atoms in total. The minimum absolute atomic E-state index is 0.00697. The van der Waals surface area contributed by atoms with E-state index in [0.29, 0.717) is 36.3 Å². The second kappa shape index (κ2) is 7.38. The van der Waals surface area contributed by atoms with Crippen LogP contribution in [0.3, 0.4) is 0 Å². The molecular weight excluding hydrogens is 275 g/mol. The molecule has 1 aromatic heterocycles. The Morgan fingerprint density at radius 3 is 2.83 bits per heavy atom. The summed E-state index contributed by atoms with van der Waals surface area (Å²) in [5.74, 6) is 0.873. The Morgan fingerprint density at radius 1 is 1.44 bits per heavy atom. The highest BCUT2D eigenvalue weighted by Gasteiger charge is 2.05. The molecule has 1 heterocycles. The van der Waals surface area contributed by atoms with Crippen LogP contribution < -0.4 is 10.6 Å². The zero-order chi connectivity index (χ0) is 13.5. The zero-order valence-electron chi connectivity index (χ0n) is 10.3. The maximum Gasteiger partial charge on any atom is 0.224 e. The van der Waals surface area contributed by atoms with E-state index in [1.54, 1.807) is 0 Å². The number of carbonyl (C=O) groups is 1. The van der Waals surface area contributed by atoms with Crippen molar-refractivity contribution in [3.8, 4) is 0 Å². The molecule has 0 bridgehead atoms. The van der Waals surface area contributed by atoms with Crippen molar-refractivity contribution in [1.29, 1.82) is 0 Å². The predicted octanol–water partition coefficient (Wildman–Crippen LogP) is 2.36. The minimum atomic E-state index is -0.00697. The van der Waals surface area contributed by atoms with Crippen LogP contribution in [-0.4, -0.2) is 29.0 Å². The molecule has 0 saturated carbocycles.